The van der Waals surface area contributed by atoms with Crippen molar-refractivity contribution in [3.05, 3.63) is 23.4 Å². The van der Waals surface area contributed by atoms with Crippen molar-refractivity contribution in [3.63, 3.8) is 0 Å². The summed E-state index contributed by atoms with van der Waals surface area (Å²) in [6, 6.07) is 3.55. The Balaban J connectivity index is 0.00000144. The van der Waals surface area contributed by atoms with Gasteiger partial charge in [-0.2, -0.15) is 0 Å². The fraction of sp³-hybridized carbons (Fsp3) is 0.444. The molecule has 1 heterocycles. The third-order valence-electron chi connectivity index (χ3n) is 1.45. The smallest absolute Gasteiger partial charge is 0.213 e. The van der Waals surface area contributed by atoms with E-state index in [0.717, 1.165) is 19.4 Å². The van der Waals surface area contributed by atoms with Crippen LogP contribution in [0.5, 0.6) is 5.88 Å². The zero-order valence-electron chi connectivity index (χ0n) is 7.50. The molecule has 4 heteroatoms. The lowest BCUT2D eigenvalue weighted by Crippen LogP contribution is -1.97. The van der Waals surface area contributed by atoms with Crippen LogP contribution in [0, 0.1) is 0 Å². The van der Waals surface area contributed by atoms with E-state index in [-0.39, 0.29) is 12.4 Å². The van der Waals surface area contributed by atoms with Gasteiger partial charge >= 0.3 is 0 Å². The van der Waals surface area contributed by atoms with Gasteiger partial charge in [0.05, 0.1) is 11.6 Å². The first-order valence-electron chi connectivity index (χ1n) is 4.07. The van der Waals surface area contributed by atoms with Crippen molar-refractivity contribution in [1.82, 2.24) is 4.98 Å². The van der Waals surface area contributed by atoms with Crippen LogP contribution in [0.15, 0.2) is 18.3 Å². The first-order valence-corrected chi connectivity index (χ1v) is 4.45. The molecule has 2 nitrogen and oxygen atoms in total. The van der Waals surface area contributed by atoms with Gasteiger partial charge < -0.3 is 4.74 Å². The summed E-state index contributed by atoms with van der Waals surface area (Å²) >= 11 is 5.65. The molecule has 0 radical (unpaired) electrons. The van der Waals surface area contributed by atoms with Gasteiger partial charge in [-0.1, -0.05) is 24.9 Å². The first kappa shape index (κ1) is 12.5. The van der Waals surface area contributed by atoms with Gasteiger partial charge in [-0.05, 0) is 12.5 Å². The molecule has 0 spiro atoms. The second-order valence-electron chi connectivity index (χ2n) is 2.52. The van der Waals surface area contributed by atoms with Crippen molar-refractivity contribution in [3.8, 4) is 5.88 Å². The van der Waals surface area contributed by atoms with Crippen LogP contribution in [0.3, 0.4) is 0 Å². The second-order valence-corrected chi connectivity index (χ2v) is 2.95. The molecule has 0 atom stereocenters. The zero-order chi connectivity index (χ0) is 8.81. The summed E-state index contributed by atoms with van der Waals surface area (Å²) in [5, 5.41) is 0.637. The zero-order valence-corrected chi connectivity index (χ0v) is 9.07. The second kappa shape index (κ2) is 6.98. The standard InChI is InChI=1S/C9H12ClNO.ClH/c1-2-3-6-12-9-5-4-8(10)7-11-9;/h4-5,7H,2-3,6H2,1H3;1H. The van der Waals surface area contributed by atoms with Crippen LogP contribution in [0.4, 0.5) is 0 Å². The minimum absolute atomic E-state index is 0. The van der Waals surface area contributed by atoms with E-state index >= 15 is 0 Å². The molecule has 0 aliphatic rings. The van der Waals surface area contributed by atoms with Crippen molar-refractivity contribution in [1.29, 1.82) is 0 Å². The van der Waals surface area contributed by atoms with Crippen LogP contribution in [0.2, 0.25) is 5.02 Å². The molecule has 0 aliphatic heterocycles. The molecule has 0 amide bonds. The van der Waals surface area contributed by atoms with E-state index in [1.54, 1.807) is 18.3 Å². The Morgan fingerprint density at radius 1 is 1.46 bits per heavy atom. The van der Waals surface area contributed by atoms with Gasteiger partial charge in [0.1, 0.15) is 0 Å². The lowest BCUT2D eigenvalue weighted by atomic mass is 10.4. The highest BCUT2D eigenvalue weighted by Crippen LogP contribution is 2.11. The predicted molar refractivity (Wildman–Crippen MR) is 56.9 cm³/mol. The summed E-state index contributed by atoms with van der Waals surface area (Å²) in [7, 11) is 0. The third-order valence-corrected chi connectivity index (χ3v) is 1.67. The first-order chi connectivity index (χ1) is 5.83. The van der Waals surface area contributed by atoms with Crippen molar-refractivity contribution in [2.45, 2.75) is 19.8 Å². The summed E-state index contributed by atoms with van der Waals surface area (Å²) in [5.74, 6) is 0.646. The van der Waals surface area contributed by atoms with E-state index in [1.165, 1.54) is 0 Å². The Hall–Kier alpha value is -0.470. The molecule has 0 saturated heterocycles. The van der Waals surface area contributed by atoms with Crippen molar-refractivity contribution in [2.24, 2.45) is 0 Å². The molecule has 13 heavy (non-hydrogen) atoms. The Labute approximate surface area is 89.7 Å². The maximum atomic E-state index is 5.65. The molecule has 0 bridgehead atoms. The number of pyridine rings is 1. The van der Waals surface area contributed by atoms with E-state index in [0.29, 0.717) is 10.9 Å². The van der Waals surface area contributed by atoms with Crippen LogP contribution < -0.4 is 4.74 Å². The SMILES string of the molecule is CCCCOc1ccc(Cl)cn1.Cl. The van der Waals surface area contributed by atoms with Crippen molar-refractivity contribution < 1.29 is 4.74 Å². The summed E-state index contributed by atoms with van der Waals surface area (Å²) in [6.07, 6.45) is 3.78. The molecule has 0 unspecified atom stereocenters. The van der Waals surface area contributed by atoms with Gasteiger partial charge in [-0.15, -0.1) is 12.4 Å². The highest BCUT2D eigenvalue weighted by atomic mass is 35.5. The average Bonchev–Trinajstić information content (AvgIpc) is 2.09. The van der Waals surface area contributed by atoms with Crippen LogP contribution in [0.1, 0.15) is 19.8 Å². The largest absolute Gasteiger partial charge is 0.478 e. The molecule has 0 N–H and O–H groups in total. The summed E-state index contributed by atoms with van der Waals surface area (Å²) in [6.45, 7) is 2.85. The van der Waals surface area contributed by atoms with E-state index in [2.05, 4.69) is 11.9 Å². The molecule has 0 aliphatic carbocycles. The van der Waals surface area contributed by atoms with E-state index in [1.807, 2.05) is 0 Å². The lowest BCUT2D eigenvalue weighted by molar-refractivity contribution is 0.298. The number of hydrogen-bond acceptors (Lipinski definition) is 2. The summed E-state index contributed by atoms with van der Waals surface area (Å²) in [4.78, 5) is 4.00. The Bertz CT molecular complexity index is 226. The number of rotatable bonds is 4. The third kappa shape index (κ3) is 4.96. The molecule has 1 aromatic heterocycles. The molecule has 0 fully saturated rings. The van der Waals surface area contributed by atoms with Gasteiger partial charge in [0, 0.05) is 12.3 Å². The number of nitrogens with zero attached hydrogens (tertiary/aromatic N) is 1. The lowest BCUT2D eigenvalue weighted by Gasteiger charge is -2.02. The number of unbranched alkanes of at least 4 members (excludes halogenated alkanes) is 1. The molecule has 74 valence electrons. The van der Waals surface area contributed by atoms with Crippen molar-refractivity contribution >= 4 is 24.0 Å². The van der Waals surface area contributed by atoms with Crippen LogP contribution in [0.25, 0.3) is 0 Å². The molecule has 1 rings (SSSR count). The molecular formula is C9H13Cl2NO. The highest BCUT2D eigenvalue weighted by molar-refractivity contribution is 6.30. The van der Waals surface area contributed by atoms with Crippen molar-refractivity contribution in [2.75, 3.05) is 6.61 Å². The van der Waals surface area contributed by atoms with E-state index in [4.69, 9.17) is 16.3 Å². The summed E-state index contributed by atoms with van der Waals surface area (Å²) in [5.41, 5.74) is 0. The monoisotopic (exact) mass is 221 g/mol. The van der Waals surface area contributed by atoms with Crippen LogP contribution in [-0.4, -0.2) is 11.6 Å². The molecule has 0 saturated carbocycles. The number of aromatic nitrogens is 1. The fourth-order valence-electron chi connectivity index (χ4n) is 0.769. The Morgan fingerprint density at radius 2 is 2.23 bits per heavy atom. The maximum absolute atomic E-state index is 5.65. The van der Waals surface area contributed by atoms with Gasteiger partial charge in [-0.25, -0.2) is 4.98 Å². The quantitative estimate of drug-likeness (QED) is 0.729. The Kier molecular flexibility index (Phi) is 6.73. The number of halogens is 2. The molecule has 1 aromatic rings. The van der Waals surface area contributed by atoms with Gasteiger partial charge in [-0.3, -0.25) is 0 Å². The minimum Gasteiger partial charge on any atom is -0.478 e. The van der Waals surface area contributed by atoms with Gasteiger partial charge in [0.15, 0.2) is 0 Å². The highest BCUT2D eigenvalue weighted by Gasteiger charge is 1.93. The Morgan fingerprint density at radius 3 is 2.77 bits per heavy atom. The molecular weight excluding hydrogens is 209 g/mol. The number of ether oxygens (including phenoxy) is 1. The van der Waals surface area contributed by atoms with Crippen LogP contribution >= 0.6 is 24.0 Å². The maximum Gasteiger partial charge on any atom is 0.213 e. The topological polar surface area (TPSA) is 22.1 Å². The molecule has 0 aromatic carbocycles. The van der Waals surface area contributed by atoms with Gasteiger partial charge in [0.2, 0.25) is 5.88 Å². The van der Waals surface area contributed by atoms with E-state index in [9.17, 15) is 0 Å². The summed E-state index contributed by atoms with van der Waals surface area (Å²) < 4.78 is 5.33. The predicted octanol–water partition coefficient (Wildman–Crippen LogP) is 3.34. The normalized spacial score (nSPS) is 9.08. The van der Waals surface area contributed by atoms with Gasteiger partial charge in [0.25, 0.3) is 0 Å². The van der Waals surface area contributed by atoms with Crippen LogP contribution in [-0.2, 0) is 0 Å². The van der Waals surface area contributed by atoms with E-state index < -0.39 is 0 Å². The number of hydrogen-bond donors (Lipinski definition) is 0. The average molecular weight is 222 g/mol. The minimum atomic E-state index is 0. The fourth-order valence-corrected chi connectivity index (χ4v) is 0.880.